The van der Waals surface area contributed by atoms with Crippen LogP contribution >= 0.6 is 0 Å². The number of hydrogen-bond donors (Lipinski definition) is 3. The van der Waals surface area contributed by atoms with Gasteiger partial charge in [0.15, 0.2) is 11.5 Å². The molecule has 11 nitrogen and oxygen atoms in total. The number of fused-ring (bicyclic) bond motifs is 2. The van der Waals surface area contributed by atoms with Crippen molar-refractivity contribution in [3.63, 3.8) is 0 Å². The predicted octanol–water partition coefficient (Wildman–Crippen LogP) is 4.81. The molecule has 0 spiro atoms. The van der Waals surface area contributed by atoms with Gasteiger partial charge in [-0.3, -0.25) is 14.9 Å². The summed E-state index contributed by atoms with van der Waals surface area (Å²) in [7, 11) is 7.58. The summed E-state index contributed by atoms with van der Waals surface area (Å²) >= 11 is 0. The second-order valence-electron chi connectivity index (χ2n) is 11.0. The van der Waals surface area contributed by atoms with Crippen molar-refractivity contribution in [2.45, 2.75) is 0 Å². The number of para-hydroxylation sites is 1. The van der Waals surface area contributed by atoms with Gasteiger partial charge in [0.05, 0.1) is 40.7 Å². The minimum atomic E-state index is -0.388. The van der Waals surface area contributed by atoms with E-state index in [1.165, 1.54) is 12.1 Å². The number of halogens is 1. The van der Waals surface area contributed by atoms with Gasteiger partial charge in [0.25, 0.3) is 0 Å². The second-order valence-corrected chi connectivity index (χ2v) is 11.0. The molecule has 2 aromatic carbocycles. The van der Waals surface area contributed by atoms with Gasteiger partial charge in [0.1, 0.15) is 23.7 Å². The Morgan fingerprint density at radius 3 is 2.61 bits per heavy atom. The molecule has 224 valence electrons. The van der Waals surface area contributed by atoms with Gasteiger partial charge in [-0.05, 0) is 70.2 Å². The molecule has 0 saturated carbocycles. The lowest BCUT2D eigenvalue weighted by atomic mass is 10.0. The minimum Gasteiger partial charge on any atom is -0.492 e. The number of imidazole rings is 1. The van der Waals surface area contributed by atoms with Gasteiger partial charge < -0.3 is 24.8 Å². The summed E-state index contributed by atoms with van der Waals surface area (Å²) in [5.41, 5.74) is 6.74. The topological polar surface area (TPSA) is 128 Å². The minimum absolute atomic E-state index is 0.134. The lowest BCUT2D eigenvalue weighted by Gasteiger charge is -2.12. The van der Waals surface area contributed by atoms with Crippen molar-refractivity contribution in [1.82, 2.24) is 39.9 Å². The summed E-state index contributed by atoms with van der Waals surface area (Å²) in [6, 6.07) is 16.0. The number of aromatic nitrogens is 6. The fourth-order valence-corrected chi connectivity index (χ4v) is 4.89. The number of likely N-dealkylation sites (N-methyl/N-ethyl adjacent to an activating group) is 2. The average molecular weight is 594 g/mol. The highest BCUT2D eigenvalue weighted by molar-refractivity contribution is 5.97. The molecule has 0 radical (unpaired) electrons. The van der Waals surface area contributed by atoms with Crippen LogP contribution in [0, 0.1) is 5.82 Å². The number of carbonyl (C=O) groups is 1. The van der Waals surface area contributed by atoms with E-state index in [0.29, 0.717) is 58.4 Å². The van der Waals surface area contributed by atoms with Gasteiger partial charge in [0, 0.05) is 29.9 Å². The molecule has 0 aliphatic carbocycles. The molecular weight excluding hydrogens is 561 g/mol. The van der Waals surface area contributed by atoms with Gasteiger partial charge in [-0.15, -0.1) is 0 Å². The number of nitrogens with one attached hydrogen (secondary N) is 3. The molecular formula is C32H32FN9O2. The van der Waals surface area contributed by atoms with Crippen LogP contribution in [0.5, 0.6) is 5.75 Å². The van der Waals surface area contributed by atoms with Gasteiger partial charge >= 0.3 is 0 Å². The summed E-state index contributed by atoms with van der Waals surface area (Å²) in [5, 5.41) is 10.4. The van der Waals surface area contributed by atoms with Crippen molar-refractivity contribution >= 4 is 33.7 Å². The third-order valence-corrected chi connectivity index (χ3v) is 6.91. The summed E-state index contributed by atoms with van der Waals surface area (Å²) in [4.78, 5) is 33.5. The molecule has 0 unspecified atom stereocenters. The zero-order valence-corrected chi connectivity index (χ0v) is 24.8. The smallest absolute Gasteiger partial charge is 0.238 e. The number of benzene rings is 2. The normalized spacial score (nSPS) is 11.6. The van der Waals surface area contributed by atoms with Crippen LogP contribution < -0.4 is 10.1 Å². The Morgan fingerprint density at radius 2 is 1.80 bits per heavy atom. The van der Waals surface area contributed by atoms with Crippen molar-refractivity contribution in [3.05, 3.63) is 72.8 Å². The zero-order valence-electron chi connectivity index (χ0n) is 24.8. The Morgan fingerprint density at radius 1 is 0.932 bits per heavy atom. The van der Waals surface area contributed by atoms with Crippen LogP contribution in [-0.2, 0) is 4.79 Å². The Bertz CT molecular complexity index is 1960. The maximum atomic E-state index is 14.6. The number of amides is 1. The number of rotatable bonds is 10. The monoisotopic (exact) mass is 593 g/mol. The van der Waals surface area contributed by atoms with E-state index in [4.69, 9.17) is 14.7 Å². The Kier molecular flexibility index (Phi) is 8.01. The molecule has 12 heteroatoms. The molecule has 0 bridgehead atoms. The van der Waals surface area contributed by atoms with Gasteiger partial charge in [-0.1, -0.05) is 12.1 Å². The first-order chi connectivity index (χ1) is 21.2. The molecule has 0 atom stereocenters. The lowest BCUT2D eigenvalue weighted by molar-refractivity contribution is -0.116. The quantitative estimate of drug-likeness (QED) is 0.207. The van der Waals surface area contributed by atoms with Crippen LogP contribution in [0.1, 0.15) is 0 Å². The molecule has 6 aromatic rings. The summed E-state index contributed by atoms with van der Waals surface area (Å²) in [6.45, 7) is 1.42. The molecule has 0 aliphatic heterocycles. The summed E-state index contributed by atoms with van der Waals surface area (Å²) in [6.07, 6.45) is 3.29. The summed E-state index contributed by atoms with van der Waals surface area (Å²) in [5.74, 6) is 0.455. The van der Waals surface area contributed by atoms with E-state index in [1.54, 1.807) is 17.3 Å². The van der Waals surface area contributed by atoms with E-state index in [0.717, 1.165) is 22.2 Å². The van der Waals surface area contributed by atoms with E-state index >= 15 is 0 Å². The van der Waals surface area contributed by atoms with Crippen molar-refractivity contribution < 1.29 is 13.9 Å². The number of anilines is 1. The highest BCUT2D eigenvalue weighted by atomic mass is 19.1. The van der Waals surface area contributed by atoms with Gasteiger partial charge in [-0.25, -0.2) is 14.4 Å². The maximum Gasteiger partial charge on any atom is 0.238 e. The fraction of sp³-hybridized carbons (Fsp3) is 0.219. The SMILES string of the molecule is CN(C)CCOc1cc(F)cc(-c2cccc3[nH]c(-c4n[nH]c5ccc(-c6cncc(NC(=O)CN(C)C)c6)nc45)nc23)c1. The number of nitrogens with zero attached hydrogens (tertiary/aromatic N) is 6. The molecule has 4 heterocycles. The number of carbonyl (C=O) groups excluding carboxylic acids is 1. The maximum absolute atomic E-state index is 14.6. The van der Waals surface area contributed by atoms with Crippen molar-refractivity contribution in [2.75, 3.05) is 53.2 Å². The number of H-pyrrole nitrogens is 2. The first-order valence-corrected chi connectivity index (χ1v) is 14.1. The number of ether oxygens (including phenoxy) is 1. The molecule has 4 aromatic heterocycles. The number of hydrogen-bond acceptors (Lipinski definition) is 8. The van der Waals surface area contributed by atoms with Crippen LogP contribution in [0.25, 0.3) is 56.0 Å². The van der Waals surface area contributed by atoms with E-state index in [1.807, 2.05) is 75.6 Å². The highest BCUT2D eigenvalue weighted by Gasteiger charge is 2.18. The fourth-order valence-electron chi connectivity index (χ4n) is 4.89. The molecule has 0 saturated heterocycles. The van der Waals surface area contributed by atoms with Crippen LogP contribution in [-0.4, -0.2) is 93.7 Å². The van der Waals surface area contributed by atoms with Crippen LogP contribution in [0.15, 0.2) is 67.0 Å². The molecule has 6 rings (SSSR count). The number of aromatic amines is 2. The third-order valence-electron chi connectivity index (χ3n) is 6.91. The van der Waals surface area contributed by atoms with Gasteiger partial charge in [-0.2, -0.15) is 5.10 Å². The Labute approximate surface area is 253 Å². The van der Waals surface area contributed by atoms with Crippen molar-refractivity contribution in [1.29, 1.82) is 0 Å². The Balaban J connectivity index is 1.33. The zero-order chi connectivity index (χ0) is 30.8. The third kappa shape index (κ3) is 6.26. The Hall–Kier alpha value is -5.20. The van der Waals surface area contributed by atoms with Crippen LogP contribution in [0.2, 0.25) is 0 Å². The lowest BCUT2D eigenvalue weighted by Crippen LogP contribution is -2.27. The first kappa shape index (κ1) is 28.9. The second kappa shape index (κ2) is 12.2. The average Bonchev–Trinajstić information content (AvgIpc) is 3.60. The van der Waals surface area contributed by atoms with Crippen LogP contribution in [0.3, 0.4) is 0 Å². The predicted molar refractivity (Wildman–Crippen MR) is 169 cm³/mol. The van der Waals surface area contributed by atoms with E-state index < -0.39 is 0 Å². The van der Waals surface area contributed by atoms with E-state index in [2.05, 4.69) is 25.5 Å². The van der Waals surface area contributed by atoms with E-state index in [9.17, 15) is 9.18 Å². The standard InChI is InChI=1S/C32H32FN9O2/c1-41(2)10-11-44-23-14-19(12-21(33)15-23)24-6-5-7-26-29(24)38-32(37-26)31-30-27(39-40-31)9-8-25(36-30)20-13-22(17-34-16-20)35-28(43)18-42(3)4/h5-9,12-17H,10-11,18H2,1-4H3,(H,35,43)(H,37,38)(H,39,40). The molecule has 1 amide bonds. The molecule has 3 N–H and O–H groups in total. The molecule has 0 aliphatic rings. The van der Waals surface area contributed by atoms with Crippen LogP contribution in [0.4, 0.5) is 10.1 Å². The van der Waals surface area contributed by atoms with Crippen molar-refractivity contribution in [2.24, 2.45) is 0 Å². The van der Waals surface area contributed by atoms with Gasteiger partial charge in [0.2, 0.25) is 5.91 Å². The first-order valence-electron chi connectivity index (χ1n) is 14.1. The van der Waals surface area contributed by atoms with Crippen molar-refractivity contribution in [3.8, 4) is 39.7 Å². The number of pyridine rings is 2. The molecule has 44 heavy (non-hydrogen) atoms. The largest absolute Gasteiger partial charge is 0.492 e. The van der Waals surface area contributed by atoms with E-state index in [-0.39, 0.29) is 18.3 Å². The highest BCUT2D eigenvalue weighted by Crippen LogP contribution is 2.34. The summed E-state index contributed by atoms with van der Waals surface area (Å²) < 4.78 is 20.5. The molecule has 0 fully saturated rings.